The lowest BCUT2D eigenvalue weighted by atomic mass is 10.1. The Balaban J connectivity index is 1.66. The average Bonchev–Trinajstić information content (AvgIpc) is 2.76. The zero-order chi connectivity index (χ0) is 13.8. The van der Waals surface area contributed by atoms with Gasteiger partial charge in [0.25, 0.3) is 0 Å². The molecule has 2 aliphatic rings. The Morgan fingerprint density at radius 2 is 1.47 bits per heavy atom. The number of ether oxygens (including phenoxy) is 2. The van der Waals surface area contributed by atoms with Crippen LogP contribution in [0.25, 0.3) is 0 Å². The van der Waals surface area contributed by atoms with Crippen molar-refractivity contribution in [3.05, 3.63) is 0 Å². The largest absolute Gasteiger partial charge is 0.375 e. The summed E-state index contributed by atoms with van der Waals surface area (Å²) in [6.07, 6.45) is 7.56. The molecule has 2 rings (SSSR count). The SMILES string of the molecule is CC(C)O[C@@H]1CC[C@H](OC2CCN(C(C)C)CC2)C1. The number of hydrogen-bond acceptors (Lipinski definition) is 3. The second-order valence-electron chi connectivity index (χ2n) is 6.71. The minimum absolute atomic E-state index is 0.345. The van der Waals surface area contributed by atoms with Gasteiger partial charge in [-0.25, -0.2) is 0 Å². The molecule has 0 aromatic carbocycles. The molecule has 0 aromatic heterocycles. The minimum atomic E-state index is 0.345. The van der Waals surface area contributed by atoms with Crippen LogP contribution in [0.3, 0.4) is 0 Å². The van der Waals surface area contributed by atoms with E-state index in [1.165, 1.54) is 38.8 Å². The first kappa shape index (κ1) is 15.3. The van der Waals surface area contributed by atoms with Crippen molar-refractivity contribution in [3.8, 4) is 0 Å². The van der Waals surface area contributed by atoms with Gasteiger partial charge >= 0.3 is 0 Å². The van der Waals surface area contributed by atoms with Crippen molar-refractivity contribution >= 4 is 0 Å². The molecule has 19 heavy (non-hydrogen) atoms. The van der Waals surface area contributed by atoms with E-state index in [0.29, 0.717) is 30.5 Å². The fraction of sp³-hybridized carbons (Fsp3) is 1.00. The fourth-order valence-corrected chi connectivity index (χ4v) is 3.33. The number of nitrogens with zero attached hydrogens (tertiary/aromatic N) is 1. The summed E-state index contributed by atoms with van der Waals surface area (Å²) < 4.78 is 12.2. The first-order valence-corrected chi connectivity index (χ1v) is 8.09. The van der Waals surface area contributed by atoms with Crippen LogP contribution in [-0.4, -0.2) is 48.4 Å². The van der Waals surface area contributed by atoms with Crippen LogP contribution in [-0.2, 0) is 9.47 Å². The van der Waals surface area contributed by atoms with Crippen LogP contribution < -0.4 is 0 Å². The molecule has 0 spiro atoms. The molecule has 0 amide bonds. The van der Waals surface area contributed by atoms with Crippen molar-refractivity contribution in [2.24, 2.45) is 0 Å². The molecule has 0 aromatic rings. The molecule has 3 heteroatoms. The van der Waals surface area contributed by atoms with Crippen LogP contribution in [0.2, 0.25) is 0 Å². The van der Waals surface area contributed by atoms with E-state index in [9.17, 15) is 0 Å². The Bertz CT molecular complexity index is 259. The first-order valence-electron chi connectivity index (χ1n) is 8.09. The summed E-state index contributed by atoms with van der Waals surface area (Å²) in [4.78, 5) is 2.55. The molecule has 112 valence electrons. The van der Waals surface area contributed by atoms with E-state index >= 15 is 0 Å². The van der Waals surface area contributed by atoms with Gasteiger partial charge in [-0.15, -0.1) is 0 Å². The lowest BCUT2D eigenvalue weighted by Crippen LogP contribution is -2.41. The van der Waals surface area contributed by atoms with E-state index in [0.717, 1.165) is 6.42 Å². The smallest absolute Gasteiger partial charge is 0.0604 e. The van der Waals surface area contributed by atoms with Crippen molar-refractivity contribution in [1.29, 1.82) is 0 Å². The van der Waals surface area contributed by atoms with Gasteiger partial charge in [0.1, 0.15) is 0 Å². The summed E-state index contributed by atoms with van der Waals surface area (Å²) in [6, 6.07) is 0.677. The molecular weight excluding hydrogens is 238 g/mol. The molecule has 1 saturated heterocycles. The third-order valence-electron chi connectivity index (χ3n) is 4.39. The van der Waals surface area contributed by atoms with Crippen LogP contribution >= 0.6 is 0 Å². The molecule has 0 radical (unpaired) electrons. The molecular formula is C16H31NO2. The average molecular weight is 269 g/mol. The summed E-state index contributed by atoms with van der Waals surface area (Å²) >= 11 is 0. The van der Waals surface area contributed by atoms with Gasteiger partial charge in [-0.1, -0.05) is 0 Å². The zero-order valence-electron chi connectivity index (χ0n) is 13.1. The fourth-order valence-electron chi connectivity index (χ4n) is 3.33. The van der Waals surface area contributed by atoms with Gasteiger partial charge in [-0.3, -0.25) is 0 Å². The molecule has 0 N–H and O–H groups in total. The lowest BCUT2D eigenvalue weighted by molar-refractivity contribution is -0.0542. The van der Waals surface area contributed by atoms with E-state index in [2.05, 4.69) is 32.6 Å². The van der Waals surface area contributed by atoms with E-state index in [1.807, 2.05) is 0 Å². The van der Waals surface area contributed by atoms with Gasteiger partial charge < -0.3 is 14.4 Å². The Hall–Kier alpha value is -0.120. The lowest BCUT2D eigenvalue weighted by Gasteiger charge is -2.35. The number of likely N-dealkylation sites (tertiary alicyclic amines) is 1. The van der Waals surface area contributed by atoms with Crippen molar-refractivity contribution < 1.29 is 9.47 Å². The van der Waals surface area contributed by atoms with Crippen LogP contribution in [0.1, 0.15) is 59.8 Å². The van der Waals surface area contributed by atoms with E-state index in [-0.39, 0.29) is 0 Å². The highest BCUT2D eigenvalue weighted by atomic mass is 16.5. The molecule has 1 saturated carbocycles. The molecule has 1 heterocycles. The van der Waals surface area contributed by atoms with E-state index in [4.69, 9.17) is 9.47 Å². The third-order valence-corrected chi connectivity index (χ3v) is 4.39. The topological polar surface area (TPSA) is 21.7 Å². The molecule has 3 nitrogen and oxygen atoms in total. The van der Waals surface area contributed by atoms with Crippen LogP contribution in [0.5, 0.6) is 0 Å². The normalized spacial score (nSPS) is 30.6. The van der Waals surface area contributed by atoms with Gasteiger partial charge in [0.15, 0.2) is 0 Å². The maximum atomic E-state index is 6.29. The van der Waals surface area contributed by atoms with Crippen molar-refractivity contribution in [2.45, 2.75) is 90.3 Å². The number of hydrogen-bond donors (Lipinski definition) is 0. The van der Waals surface area contributed by atoms with Gasteiger partial charge in [-0.2, -0.15) is 0 Å². The molecule has 1 aliphatic carbocycles. The third kappa shape index (κ3) is 4.73. The monoisotopic (exact) mass is 269 g/mol. The van der Waals surface area contributed by atoms with Crippen LogP contribution in [0.15, 0.2) is 0 Å². The highest BCUT2D eigenvalue weighted by molar-refractivity contribution is 4.81. The second kappa shape index (κ2) is 7.05. The maximum Gasteiger partial charge on any atom is 0.0604 e. The first-order chi connectivity index (χ1) is 9.04. The Morgan fingerprint density at radius 1 is 0.842 bits per heavy atom. The van der Waals surface area contributed by atoms with Gasteiger partial charge in [0.05, 0.1) is 24.4 Å². The highest BCUT2D eigenvalue weighted by Gasteiger charge is 2.30. The highest BCUT2D eigenvalue weighted by Crippen LogP contribution is 2.28. The van der Waals surface area contributed by atoms with Gasteiger partial charge in [0, 0.05) is 19.1 Å². The number of piperidine rings is 1. The summed E-state index contributed by atoms with van der Waals surface area (Å²) in [5, 5.41) is 0. The minimum Gasteiger partial charge on any atom is -0.375 e. The predicted molar refractivity (Wildman–Crippen MR) is 78.5 cm³/mol. The van der Waals surface area contributed by atoms with Crippen molar-refractivity contribution in [1.82, 2.24) is 4.90 Å². The van der Waals surface area contributed by atoms with E-state index < -0.39 is 0 Å². The van der Waals surface area contributed by atoms with Gasteiger partial charge in [-0.05, 0) is 59.8 Å². The summed E-state index contributed by atoms with van der Waals surface area (Å²) in [6.45, 7) is 11.2. The molecule has 2 fully saturated rings. The quantitative estimate of drug-likeness (QED) is 0.765. The summed E-state index contributed by atoms with van der Waals surface area (Å²) in [7, 11) is 0. The zero-order valence-corrected chi connectivity index (χ0v) is 13.1. The van der Waals surface area contributed by atoms with E-state index in [1.54, 1.807) is 0 Å². The van der Waals surface area contributed by atoms with Crippen LogP contribution in [0.4, 0.5) is 0 Å². The Morgan fingerprint density at radius 3 is 2.05 bits per heavy atom. The van der Waals surface area contributed by atoms with Crippen LogP contribution in [0, 0.1) is 0 Å². The summed E-state index contributed by atoms with van der Waals surface area (Å²) in [5.74, 6) is 0. The summed E-state index contributed by atoms with van der Waals surface area (Å²) in [5.41, 5.74) is 0. The van der Waals surface area contributed by atoms with Crippen molar-refractivity contribution in [3.63, 3.8) is 0 Å². The Kier molecular flexibility index (Phi) is 5.67. The molecule has 0 unspecified atom stereocenters. The maximum absolute atomic E-state index is 6.29. The number of rotatable bonds is 5. The van der Waals surface area contributed by atoms with Gasteiger partial charge in [0.2, 0.25) is 0 Å². The molecule has 2 atom stereocenters. The second-order valence-corrected chi connectivity index (χ2v) is 6.71. The predicted octanol–water partition coefficient (Wildman–Crippen LogP) is 3.22. The Labute approximate surface area is 118 Å². The standard InChI is InChI=1S/C16H31NO2/c1-12(2)17-9-7-14(8-10-17)19-16-6-5-15(11-16)18-13(3)4/h12-16H,5-11H2,1-4H3/t15-,16+/m1/s1. The van der Waals surface area contributed by atoms with Crippen molar-refractivity contribution in [2.75, 3.05) is 13.1 Å². The molecule has 1 aliphatic heterocycles. The molecule has 0 bridgehead atoms.